The quantitative estimate of drug-likeness (QED) is 0.403. The van der Waals surface area contributed by atoms with Crippen LogP contribution in [0.25, 0.3) is 0 Å². The lowest BCUT2D eigenvalue weighted by molar-refractivity contribution is -0.192. The largest absolute Gasteiger partial charge is 0.456 e. The van der Waals surface area contributed by atoms with Crippen LogP contribution in [0.4, 0.5) is 0 Å². The Morgan fingerprint density at radius 2 is 1.70 bits per heavy atom. The summed E-state index contributed by atoms with van der Waals surface area (Å²) in [4.78, 5) is 35.3. The Bertz CT molecular complexity index is 684. The van der Waals surface area contributed by atoms with Crippen molar-refractivity contribution in [2.24, 2.45) is 35.5 Å². The lowest BCUT2D eigenvalue weighted by Gasteiger charge is -2.51. The highest BCUT2D eigenvalue weighted by Crippen LogP contribution is 2.68. The Labute approximate surface area is 159 Å². The zero-order valence-corrected chi connectivity index (χ0v) is 16.1. The Kier molecular flexibility index (Phi) is 4.55. The van der Waals surface area contributed by atoms with Crippen molar-refractivity contribution in [3.63, 3.8) is 0 Å². The van der Waals surface area contributed by atoms with Crippen molar-refractivity contribution in [3.05, 3.63) is 12.2 Å². The summed E-state index contributed by atoms with van der Waals surface area (Å²) in [5.74, 6) is 2.06. The van der Waals surface area contributed by atoms with E-state index in [0.717, 1.165) is 37.0 Å². The third-order valence-corrected chi connectivity index (χ3v) is 7.34. The third kappa shape index (κ3) is 3.39. The molecule has 6 unspecified atom stereocenters. The molecule has 7 atom stereocenters. The Morgan fingerprint density at radius 1 is 0.963 bits per heavy atom. The molecule has 0 amide bonds. The van der Waals surface area contributed by atoms with Crippen molar-refractivity contribution >= 4 is 17.9 Å². The summed E-state index contributed by atoms with van der Waals surface area (Å²) in [5.41, 5.74) is -0.243. The number of rotatable bonds is 6. The fourth-order valence-electron chi connectivity index (χ4n) is 6.09. The van der Waals surface area contributed by atoms with E-state index in [1.54, 1.807) is 0 Å². The van der Waals surface area contributed by atoms with Gasteiger partial charge in [-0.2, -0.15) is 0 Å². The second kappa shape index (κ2) is 6.64. The zero-order chi connectivity index (χ0) is 19.3. The predicted octanol–water partition coefficient (Wildman–Crippen LogP) is 2.65. The van der Waals surface area contributed by atoms with Crippen LogP contribution in [-0.2, 0) is 28.6 Å². The first-order valence-electron chi connectivity index (χ1n) is 9.98. The van der Waals surface area contributed by atoms with Crippen LogP contribution in [0.5, 0.6) is 0 Å². The first-order chi connectivity index (χ1) is 12.8. The van der Waals surface area contributed by atoms with Crippen molar-refractivity contribution in [3.8, 4) is 0 Å². The molecule has 5 fully saturated rings. The van der Waals surface area contributed by atoms with Crippen LogP contribution < -0.4 is 0 Å². The summed E-state index contributed by atoms with van der Waals surface area (Å²) in [7, 11) is 0. The molecule has 0 aliphatic heterocycles. The van der Waals surface area contributed by atoms with E-state index in [1.807, 2.05) is 0 Å². The van der Waals surface area contributed by atoms with Crippen LogP contribution >= 0.6 is 0 Å². The molecular formula is C21H28O6. The minimum Gasteiger partial charge on any atom is -0.456 e. The van der Waals surface area contributed by atoms with Gasteiger partial charge < -0.3 is 14.2 Å². The van der Waals surface area contributed by atoms with Crippen LogP contribution in [0.3, 0.4) is 0 Å². The van der Waals surface area contributed by atoms with Crippen LogP contribution in [0.1, 0.15) is 46.0 Å². The van der Waals surface area contributed by atoms with E-state index in [9.17, 15) is 14.4 Å². The average Bonchev–Trinajstić information content (AvgIpc) is 3.42. The molecule has 6 heteroatoms. The molecule has 5 rings (SSSR count). The molecule has 5 aliphatic rings. The molecule has 5 saturated carbocycles. The van der Waals surface area contributed by atoms with Crippen molar-refractivity contribution < 1.29 is 28.6 Å². The molecule has 5 aliphatic carbocycles. The predicted molar refractivity (Wildman–Crippen MR) is 95.3 cm³/mol. The first-order valence-corrected chi connectivity index (χ1v) is 9.98. The fraction of sp³-hybridized carbons (Fsp3) is 0.762. The SMILES string of the molecule is C=C(C)C(=O)OCC(=O)OCC(=O)OC1(C)C2CC3CC(C[C@@H]1C3)C1CC12. The van der Waals surface area contributed by atoms with E-state index in [2.05, 4.69) is 13.5 Å². The fourth-order valence-corrected chi connectivity index (χ4v) is 6.09. The van der Waals surface area contributed by atoms with Gasteiger partial charge in [-0.3, -0.25) is 0 Å². The summed E-state index contributed by atoms with van der Waals surface area (Å²) in [5, 5.41) is 0. The molecule has 148 valence electrons. The Hall–Kier alpha value is -1.85. The number of hydrogen-bond donors (Lipinski definition) is 0. The first kappa shape index (κ1) is 18.5. The number of esters is 3. The summed E-state index contributed by atoms with van der Waals surface area (Å²) in [6.07, 6.45) is 6.11. The van der Waals surface area contributed by atoms with Gasteiger partial charge in [-0.25, -0.2) is 14.4 Å². The minimum atomic E-state index is -0.767. The topological polar surface area (TPSA) is 78.9 Å². The summed E-state index contributed by atoms with van der Waals surface area (Å²) >= 11 is 0. The number of carbonyl (C=O) groups excluding carboxylic acids is 3. The summed E-state index contributed by atoms with van der Waals surface area (Å²) in [6, 6.07) is 0. The van der Waals surface area contributed by atoms with Crippen LogP contribution in [0.2, 0.25) is 0 Å². The average molecular weight is 376 g/mol. The van der Waals surface area contributed by atoms with Gasteiger partial charge >= 0.3 is 17.9 Å². The van der Waals surface area contributed by atoms with Crippen molar-refractivity contribution in [2.75, 3.05) is 13.2 Å². The van der Waals surface area contributed by atoms with Gasteiger partial charge in [0, 0.05) is 11.5 Å². The molecule has 0 heterocycles. The van der Waals surface area contributed by atoms with Crippen molar-refractivity contribution in [1.82, 2.24) is 0 Å². The molecule has 0 N–H and O–H groups in total. The number of hydrogen-bond acceptors (Lipinski definition) is 6. The van der Waals surface area contributed by atoms with E-state index in [0.29, 0.717) is 17.8 Å². The van der Waals surface area contributed by atoms with Gasteiger partial charge in [0.25, 0.3) is 0 Å². The van der Waals surface area contributed by atoms with E-state index in [1.165, 1.54) is 19.8 Å². The Balaban J connectivity index is 1.31. The highest BCUT2D eigenvalue weighted by Gasteiger charge is 2.65. The molecule has 6 nitrogen and oxygen atoms in total. The van der Waals surface area contributed by atoms with Gasteiger partial charge in [0.05, 0.1) is 0 Å². The standard InChI is InChI=1S/C21H28O6/c1-11(2)20(24)26-9-18(22)25-10-19(23)27-21(3)14-5-12-4-13(7-14)15-8-16(15)17(21)6-12/h12-17H,1,4-10H2,2-3H3/t12?,13?,14-,15?,16?,17?,21?/m0/s1. The van der Waals surface area contributed by atoms with E-state index < -0.39 is 36.7 Å². The minimum absolute atomic E-state index is 0.200. The van der Waals surface area contributed by atoms with E-state index >= 15 is 0 Å². The highest BCUT2D eigenvalue weighted by atomic mass is 16.6. The van der Waals surface area contributed by atoms with Crippen molar-refractivity contribution in [1.29, 1.82) is 0 Å². The zero-order valence-electron chi connectivity index (χ0n) is 16.1. The molecule has 0 saturated heterocycles. The molecule has 4 bridgehead atoms. The lowest BCUT2D eigenvalue weighted by Crippen LogP contribution is -2.53. The van der Waals surface area contributed by atoms with Crippen molar-refractivity contribution in [2.45, 2.75) is 51.6 Å². The maximum atomic E-state index is 12.4. The number of carbonyl (C=O) groups is 3. The van der Waals surface area contributed by atoms with E-state index in [4.69, 9.17) is 14.2 Å². The molecule has 27 heavy (non-hydrogen) atoms. The van der Waals surface area contributed by atoms with Gasteiger partial charge in [-0.05, 0) is 75.5 Å². The maximum Gasteiger partial charge on any atom is 0.344 e. The maximum absolute atomic E-state index is 12.4. The molecule has 0 aromatic heterocycles. The monoisotopic (exact) mass is 376 g/mol. The third-order valence-electron chi connectivity index (χ3n) is 7.34. The van der Waals surface area contributed by atoms with Gasteiger partial charge in [0.2, 0.25) is 0 Å². The Morgan fingerprint density at radius 3 is 2.44 bits per heavy atom. The van der Waals surface area contributed by atoms with Gasteiger partial charge in [0.1, 0.15) is 5.60 Å². The van der Waals surface area contributed by atoms with Gasteiger partial charge in [0.15, 0.2) is 13.2 Å². The lowest BCUT2D eigenvalue weighted by atomic mass is 9.59. The van der Waals surface area contributed by atoms with Crippen LogP contribution in [-0.4, -0.2) is 36.7 Å². The number of ether oxygens (including phenoxy) is 3. The smallest absolute Gasteiger partial charge is 0.344 e. The van der Waals surface area contributed by atoms with Gasteiger partial charge in [-0.1, -0.05) is 6.58 Å². The summed E-state index contributed by atoms with van der Waals surface area (Å²) in [6.45, 7) is 6.04. The second-order valence-electron chi connectivity index (χ2n) is 9.11. The van der Waals surface area contributed by atoms with E-state index in [-0.39, 0.29) is 5.57 Å². The molecular weight excluding hydrogens is 348 g/mol. The second-order valence-corrected chi connectivity index (χ2v) is 9.11. The summed E-state index contributed by atoms with van der Waals surface area (Å²) < 4.78 is 15.6. The van der Waals surface area contributed by atoms with Crippen LogP contribution in [0, 0.1) is 35.5 Å². The van der Waals surface area contributed by atoms with Gasteiger partial charge in [-0.15, -0.1) is 0 Å². The molecule has 0 radical (unpaired) electrons. The molecule has 0 aromatic carbocycles. The normalized spacial score (nSPS) is 40.5. The highest BCUT2D eigenvalue weighted by molar-refractivity contribution is 5.88. The van der Waals surface area contributed by atoms with Crippen LogP contribution in [0.15, 0.2) is 12.2 Å². The molecule has 0 spiro atoms. The molecule has 0 aromatic rings.